The van der Waals surface area contributed by atoms with Gasteiger partial charge in [-0.15, -0.1) is 0 Å². The highest BCUT2D eigenvalue weighted by Gasteiger charge is 2.36. The molecule has 0 saturated heterocycles. The van der Waals surface area contributed by atoms with Crippen molar-refractivity contribution in [1.29, 1.82) is 0 Å². The summed E-state index contributed by atoms with van der Waals surface area (Å²) >= 11 is 0. The molecule has 0 aromatic heterocycles. The van der Waals surface area contributed by atoms with Gasteiger partial charge in [-0.05, 0) is 36.6 Å². The molecule has 0 radical (unpaired) electrons. The van der Waals surface area contributed by atoms with Gasteiger partial charge < -0.3 is 9.47 Å². The lowest BCUT2D eigenvalue weighted by Crippen LogP contribution is -2.02. The topological polar surface area (TPSA) is 18.5 Å². The highest BCUT2D eigenvalue weighted by molar-refractivity contribution is 5.80. The van der Waals surface area contributed by atoms with Gasteiger partial charge >= 0.3 is 0 Å². The largest absolute Gasteiger partial charge is 0.491 e. The van der Waals surface area contributed by atoms with Gasteiger partial charge in [-0.3, -0.25) is 0 Å². The van der Waals surface area contributed by atoms with Crippen molar-refractivity contribution in [3.05, 3.63) is 47.0 Å². The number of rotatable bonds is 6. The molecule has 5 heteroatoms. The van der Waals surface area contributed by atoms with Crippen LogP contribution in [-0.2, 0) is 0 Å². The first-order chi connectivity index (χ1) is 11.6. The van der Waals surface area contributed by atoms with Crippen molar-refractivity contribution in [3.8, 4) is 22.6 Å². The fraction of sp³-hybridized carbons (Fsp3) is 0.368. The number of unbranched alkanes of at least 4 members (excludes halogenated alkanes) is 1. The second-order valence-electron chi connectivity index (χ2n) is 5.68. The minimum Gasteiger partial charge on any atom is -0.491 e. The van der Waals surface area contributed by atoms with E-state index in [1.807, 2.05) is 6.92 Å². The molecule has 1 aliphatic rings. The van der Waals surface area contributed by atoms with Gasteiger partial charge in [0.25, 0.3) is 0 Å². The monoisotopic (exact) mass is 336 g/mol. The van der Waals surface area contributed by atoms with Crippen LogP contribution < -0.4 is 9.47 Å². The zero-order chi connectivity index (χ0) is 17.3. The van der Waals surface area contributed by atoms with Crippen LogP contribution in [0.5, 0.6) is 11.5 Å². The van der Waals surface area contributed by atoms with Crippen molar-refractivity contribution in [3.63, 3.8) is 0 Å². The lowest BCUT2D eigenvalue weighted by Gasteiger charge is -2.11. The molecule has 128 valence electrons. The summed E-state index contributed by atoms with van der Waals surface area (Å²) in [4.78, 5) is 0. The van der Waals surface area contributed by atoms with E-state index in [9.17, 15) is 13.2 Å². The Labute approximate surface area is 139 Å². The molecular weight excluding hydrogens is 317 g/mol. The maximum Gasteiger partial charge on any atom is 0.172 e. The van der Waals surface area contributed by atoms with Crippen LogP contribution in [0.1, 0.15) is 44.0 Å². The molecular formula is C19H19F3O2. The van der Waals surface area contributed by atoms with E-state index >= 15 is 0 Å². The first-order valence-corrected chi connectivity index (χ1v) is 8.14. The molecule has 24 heavy (non-hydrogen) atoms. The minimum absolute atomic E-state index is 0.00287. The fourth-order valence-corrected chi connectivity index (χ4v) is 2.96. The smallest absolute Gasteiger partial charge is 0.172 e. The summed E-state index contributed by atoms with van der Waals surface area (Å²) in [5.74, 6) is -1.55. The molecule has 2 aromatic rings. The van der Waals surface area contributed by atoms with E-state index in [0.717, 1.165) is 12.8 Å². The molecule has 0 N–H and O–H groups in total. The van der Waals surface area contributed by atoms with Gasteiger partial charge in [-0.2, -0.15) is 0 Å². The van der Waals surface area contributed by atoms with E-state index in [4.69, 9.17) is 9.47 Å². The Kier molecular flexibility index (Phi) is 4.69. The van der Waals surface area contributed by atoms with E-state index in [2.05, 4.69) is 0 Å². The number of hydrogen-bond acceptors (Lipinski definition) is 2. The maximum absolute atomic E-state index is 14.8. The molecule has 2 aromatic carbocycles. The van der Waals surface area contributed by atoms with Gasteiger partial charge in [0.1, 0.15) is 0 Å². The fourth-order valence-electron chi connectivity index (χ4n) is 2.96. The quantitative estimate of drug-likeness (QED) is 0.641. The predicted molar refractivity (Wildman–Crippen MR) is 86.3 cm³/mol. The normalized spacial score (nSPS) is 15.1. The Bertz CT molecular complexity index is 759. The second kappa shape index (κ2) is 6.75. The molecule has 0 fully saturated rings. The van der Waals surface area contributed by atoms with Crippen LogP contribution in [0.4, 0.5) is 13.2 Å². The van der Waals surface area contributed by atoms with Crippen LogP contribution in [0.2, 0.25) is 0 Å². The van der Waals surface area contributed by atoms with E-state index in [1.165, 1.54) is 12.1 Å². The SMILES string of the molecule is CCCCOc1ccc2c(c1F)C(F)c1c-2ccc(OCC)c1F. The minimum atomic E-state index is -1.87. The van der Waals surface area contributed by atoms with E-state index in [-0.39, 0.29) is 29.2 Å². The number of ether oxygens (including phenoxy) is 2. The van der Waals surface area contributed by atoms with Crippen LogP contribution in [0.3, 0.4) is 0 Å². The van der Waals surface area contributed by atoms with E-state index in [1.54, 1.807) is 19.1 Å². The zero-order valence-corrected chi connectivity index (χ0v) is 13.7. The molecule has 2 nitrogen and oxygen atoms in total. The third kappa shape index (κ3) is 2.62. The Morgan fingerprint density at radius 2 is 1.42 bits per heavy atom. The van der Waals surface area contributed by atoms with Crippen molar-refractivity contribution in [2.75, 3.05) is 13.2 Å². The predicted octanol–water partition coefficient (Wildman–Crippen LogP) is 5.58. The summed E-state index contributed by atoms with van der Waals surface area (Å²) < 4.78 is 54.6. The molecule has 0 heterocycles. The number of alkyl halides is 1. The lowest BCUT2D eigenvalue weighted by molar-refractivity contribution is 0.289. The summed E-state index contributed by atoms with van der Waals surface area (Å²) in [7, 11) is 0. The first-order valence-electron chi connectivity index (χ1n) is 8.14. The summed E-state index contributed by atoms with van der Waals surface area (Å²) in [6, 6.07) is 6.07. The standard InChI is InChI=1S/C19H19F3O2/c1-3-5-10-24-14-9-7-12-11-6-8-13(23-4-2)17(20)15(11)19(22)16(12)18(14)21/h6-9,19H,3-5,10H2,1-2H3. The third-order valence-corrected chi connectivity index (χ3v) is 4.14. The molecule has 0 aliphatic heterocycles. The van der Waals surface area contributed by atoms with Crippen LogP contribution in [-0.4, -0.2) is 13.2 Å². The van der Waals surface area contributed by atoms with Gasteiger partial charge in [0.2, 0.25) is 0 Å². The van der Waals surface area contributed by atoms with Crippen LogP contribution in [0.25, 0.3) is 11.1 Å². The highest BCUT2D eigenvalue weighted by Crippen LogP contribution is 2.50. The van der Waals surface area contributed by atoms with Crippen molar-refractivity contribution < 1.29 is 22.6 Å². The van der Waals surface area contributed by atoms with E-state index < -0.39 is 17.8 Å². The zero-order valence-electron chi connectivity index (χ0n) is 13.7. The van der Waals surface area contributed by atoms with Gasteiger partial charge in [-0.25, -0.2) is 13.2 Å². The van der Waals surface area contributed by atoms with Crippen LogP contribution in [0.15, 0.2) is 24.3 Å². The Balaban J connectivity index is 2.03. The molecule has 3 rings (SSSR count). The van der Waals surface area contributed by atoms with Crippen molar-refractivity contribution in [2.45, 2.75) is 32.9 Å². The molecule has 0 amide bonds. The molecule has 1 unspecified atom stereocenters. The molecule has 0 saturated carbocycles. The summed E-state index contributed by atoms with van der Waals surface area (Å²) in [6.07, 6.45) is -0.178. The number of fused-ring (bicyclic) bond motifs is 3. The lowest BCUT2D eigenvalue weighted by atomic mass is 10.0. The number of benzene rings is 2. The van der Waals surface area contributed by atoms with E-state index in [0.29, 0.717) is 17.7 Å². The number of hydrogen-bond donors (Lipinski definition) is 0. The average molecular weight is 336 g/mol. The van der Waals surface area contributed by atoms with Gasteiger partial charge in [0.15, 0.2) is 29.3 Å². The second-order valence-corrected chi connectivity index (χ2v) is 5.68. The third-order valence-electron chi connectivity index (χ3n) is 4.14. The van der Waals surface area contributed by atoms with Gasteiger partial charge in [0, 0.05) is 11.1 Å². The Morgan fingerprint density at radius 3 is 1.92 bits per heavy atom. The Hall–Kier alpha value is -2.17. The van der Waals surface area contributed by atoms with Gasteiger partial charge in [-0.1, -0.05) is 25.5 Å². The first kappa shape index (κ1) is 16.7. The molecule has 0 spiro atoms. The highest BCUT2D eigenvalue weighted by atomic mass is 19.1. The molecule has 1 atom stereocenters. The van der Waals surface area contributed by atoms with Crippen LogP contribution >= 0.6 is 0 Å². The summed E-state index contributed by atoms with van der Waals surface area (Å²) in [5, 5.41) is 0. The van der Waals surface area contributed by atoms with Crippen LogP contribution in [0, 0.1) is 11.6 Å². The van der Waals surface area contributed by atoms with Crippen molar-refractivity contribution in [2.24, 2.45) is 0 Å². The van der Waals surface area contributed by atoms with Crippen molar-refractivity contribution >= 4 is 0 Å². The van der Waals surface area contributed by atoms with Crippen molar-refractivity contribution in [1.82, 2.24) is 0 Å². The van der Waals surface area contributed by atoms with Gasteiger partial charge in [0.05, 0.1) is 13.2 Å². The maximum atomic E-state index is 14.8. The average Bonchev–Trinajstić information content (AvgIpc) is 2.86. The molecule has 0 bridgehead atoms. The number of halogens is 3. The summed E-state index contributed by atoms with van der Waals surface area (Å²) in [6.45, 7) is 4.34. The summed E-state index contributed by atoms with van der Waals surface area (Å²) in [5.41, 5.74) is 0.393. The molecule has 1 aliphatic carbocycles. The Morgan fingerprint density at radius 1 is 0.875 bits per heavy atom.